The number of benzene rings is 2. The number of halogens is 1. The zero-order valence-corrected chi connectivity index (χ0v) is 15.3. The van der Waals surface area contributed by atoms with E-state index in [-0.39, 0.29) is 29.1 Å². The quantitative estimate of drug-likeness (QED) is 0.871. The van der Waals surface area contributed by atoms with E-state index in [2.05, 4.69) is 5.32 Å². The molecule has 4 rings (SSSR count). The number of ether oxygens (including phenoxy) is 1. The predicted molar refractivity (Wildman–Crippen MR) is 97.6 cm³/mol. The molecule has 0 aliphatic carbocycles. The zero-order chi connectivity index (χ0) is 19.0. The van der Waals surface area contributed by atoms with Crippen LogP contribution in [0.25, 0.3) is 0 Å². The van der Waals surface area contributed by atoms with Crippen molar-refractivity contribution in [3.05, 3.63) is 53.8 Å². The molecule has 0 unspecified atom stereocenters. The third kappa shape index (κ3) is 3.68. The highest BCUT2D eigenvalue weighted by molar-refractivity contribution is 7.89. The van der Waals surface area contributed by atoms with Crippen LogP contribution in [-0.4, -0.2) is 37.8 Å². The standard InChI is InChI=1S/C19H19FN2O4S/c20-14-1-3-15(4-2-14)26-16-7-9-22(10-8-16)27(24,25)17-5-6-18-13(11-17)12-19(23)21-18/h1-6,11,16H,7-10,12H2,(H,21,23). The van der Waals surface area contributed by atoms with Crippen molar-refractivity contribution < 1.29 is 22.3 Å². The first kappa shape index (κ1) is 17.9. The SMILES string of the molecule is O=C1Cc2cc(S(=O)(=O)N3CCC(Oc4ccc(F)cc4)CC3)ccc2N1. The summed E-state index contributed by atoms with van der Waals surface area (Å²) in [7, 11) is -3.61. The van der Waals surface area contributed by atoms with Crippen molar-refractivity contribution in [3.63, 3.8) is 0 Å². The molecule has 1 saturated heterocycles. The molecule has 1 N–H and O–H groups in total. The van der Waals surface area contributed by atoms with Crippen LogP contribution in [0.5, 0.6) is 5.75 Å². The van der Waals surface area contributed by atoms with Crippen LogP contribution >= 0.6 is 0 Å². The molecule has 1 fully saturated rings. The van der Waals surface area contributed by atoms with Gasteiger partial charge in [0.2, 0.25) is 15.9 Å². The Hall–Kier alpha value is -2.45. The fraction of sp³-hybridized carbons (Fsp3) is 0.316. The number of piperidine rings is 1. The number of sulfonamides is 1. The molecule has 0 radical (unpaired) electrons. The Balaban J connectivity index is 1.42. The van der Waals surface area contributed by atoms with Gasteiger partial charge in [-0.2, -0.15) is 4.31 Å². The Kier molecular flexibility index (Phi) is 4.61. The molecule has 0 spiro atoms. The second-order valence-electron chi connectivity index (χ2n) is 6.72. The van der Waals surface area contributed by atoms with Crippen molar-refractivity contribution in [2.24, 2.45) is 0 Å². The maximum absolute atomic E-state index is 13.0. The van der Waals surface area contributed by atoms with Crippen LogP contribution in [-0.2, 0) is 21.2 Å². The summed E-state index contributed by atoms with van der Waals surface area (Å²) in [6, 6.07) is 10.5. The van der Waals surface area contributed by atoms with Gasteiger partial charge in [-0.3, -0.25) is 4.79 Å². The molecule has 2 aromatic carbocycles. The van der Waals surface area contributed by atoms with Crippen molar-refractivity contribution in [2.75, 3.05) is 18.4 Å². The third-order valence-electron chi connectivity index (χ3n) is 4.86. The van der Waals surface area contributed by atoms with Crippen LogP contribution < -0.4 is 10.1 Å². The molecule has 0 atom stereocenters. The summed E-state index contributed by atoms with van der Waals surface area (Å²) in [4.78, 5) is 11.7. The van der Waals surface area contributed by atoms with E-state index in [0.717, 1.165) is 0 Å². The molecule has 27 heavy (non-hydrogen) atoms. The Morgan fingerprint density at radius 3 is 2.48 bits per heavy atom. The number of carbonyl (C=O) groups is 1. The molecule has 1 amide bonds. The topological polar surface area (TPSA) is 75.7 Å². The van der Waals surface area contributed by atoms with E-state index in [9.17, 15) is 17.6 Å². The van der Waals surface area contributed by atoms with Crippen LogP contribution in [0.1, 0.15) is 18.4 Å². The minimum Gasteiger partial charge on any atom is -0.490 e. The molecule has 2 aliphatic rings. The van der Waals surface area contributed by atoms with Crippen LogP contribution in [0.3, 0.4) is 0 Å². The van der Waals surface area contributed by atoms with Gasteiger partial charge in [-0.15, -0.1) is 0 Å². The van der Waals surface area contributed by atoms with Crippen LogP contribution in [0.4, 0.5) is 10.1 Å². The summed E-state index contributed by atoms with van der Waals surface area (Å²) in [5, 5.41) is 2.70. The first-order chi connectivity index (χ1) is 12.9. The number of nitrogens with one attached hydrogen (secondary N) is 1. The van der Waals surface area contributed by atoms with E-state index < -0.39 is 10.0 Å². The second kappa shape index (κ2) is 6.94. The maximum atomic E-state index is 13.0. The van der Waals surface area contributed by atoms with Crippen LogP contribution in [0.2, 0.25) is 0 Å². The molecule has 8 heteroatoms. The highest BCUT2D eigenvalue weighted by atomic mass is 32.2. The number of amides is 1. The summed E-state index contributed by atoms with van der Waals surface area (Å²) in [6.45, 7) is 0.699. The molecular weight excluding hydrogens is 371 g/mol. The molecule has 142 valence electrons. The van der Waals surface area contributed by atoms with Gasteiger partial charge >= 0.3 is 0 Å². The number of fused-ring (bicyclic) bond motifs is 1. The van der Waals surface area contributed by atoms with Crippen molar-refractivity contribution in [1.82, 2.24) is 4.31 Å². The first-order valence-electron chi connectivity index (χ1n) is 8.77. The third-order valence-corrected chi connectivity index (χ3v) is 6.75. The van der Waals surface area contributed by atoms with E-state index in [1.54, 1.807) is 24.3 Å². The average Bonchev–Trinajstić information content (AvgIpc) is 3.03. The molecule has 0 bridgehead atoms. The fourth-order valence-corrected chi connectivity index (χ4v) is 4.93. The Morgan fingerprint density at radius 1 is 1.07 bits per heavy atom. The molecular formula is C19H19FN2O4S. The molecule has 2 heterocycles. The van der Waals surface area contributed by atoms with E-state index in [1.807, 2.05) is 0 Å². The van der Waals surface area contributed by atoms with Gasteiger partial charge in [-0.1, -0.05) is 0 Å². The highest BCUT2D eigenvalue weighted by Crippen LogP contribution is 2.29. The monoisotopic (exact) mass is 390 g/mol. The highest BCUT2D eigenvalue weighted by Gasteiger charge is 2.31. The van der Waals surface area contributed by atoms with Gasteiger partial charge in [0, 0.05) is 18.8 Å². The summed E-state index contributed by atoms with van der Waals surface area (Å²) < 4.78 is 46.0. The molecule has 2 aromatic rings. The lowest BCUT2D eigenvalue weighted by Crippen LogP contribution is -2.41. The molecule has 6 nitrogen and oxygen atoms in total. The van der Waals surface area contributed by atoms with E-state index in [0.29, 0.717) is 42.9 Å². The average molecular weight is 390 g/mol. The molecule has 0 aromatic heterocycles. The van der Waals surface area contributed by atoms with Crippen molar-refractivity contribution in [2.45, 2.75) is 30.3 Å². The largest absolute Gasteiger partial charge is 0.490 e. The van der Waals surface area contributed by atoms with Crippen LogP contribution in [0.15, 0.2) is 47.4 Å². The van der Waals surface area contributed by atoms with Gasteiger partial charge in [0.25, 0.3) is 0 Å². The summed E-state index contributed by atoms with van der Waals surface area (Å²) in [6.07, 6.45) is 1.21. The maximum Gasteiger partial charge on any atom is 0.243 e. The summed E-state index contributed by atoms with van der Waals surface area (Å²) in [5.74, 6) is 0.126. The zero-order valence-electron chi connectivity index (χ0n) is 14.5. The molecule has 2 aliphatic heterocycles. The minimum atomic E-state index is -3.61. The van der Waals surface area contributed by atoms with Gasteiger partial charge in [-0.05, 0) is 60.9 Å². The number of nitrogens with zero attached hydrogens (tertiary/aromatic N) is 1. The Morgan fingerprint density at radius 2 is 1.78 bits per heavy atom. The van der Waals surface area contributed by atoms with Gasteiger partial charge in [0.05, 0.1) is 11.3 Å². The minimum absolute atomic E-state index is 0.108. The van der Waals surface area contributed by atoms with Crippen molar-refractivity contribution in [3.8, 4) is 5.75 Å². The normalized spacial score (nSPS) is 18.2. The summed E-state index contributed by atoms with van der Waals surface area (Å²) >= 11 is 0. The van der Waals surface area contributed by atoms with E-state index in [4.69, 9.17) is 4.74 Å². The lowest BCUT2D eigenvalue weighted by Gasteiger charge is -2.31. The van der Waals surface area contributed by atoms with Crippen molar-refractivity contribution >= 4 is 21.6 Å². The Bertz CT molecular complexity index is 968. The number of rotatable bonds is 4. The fourth-order valence-electron chi connectivity index (χ4n) is 3.41. The Labute approximate surface area is 157 Å². The van der Waals surface area contributed by atoms with Gasteiger partial charge in [0.1, 0.15) is 17.7 Å². The lowest BCUT2D eigenvalue weighted by molar-refractivity contribution is -0.115. The number of hydrogen-bond donors (Lipinski definition) is 1. The van der Waals surface area contributed by atoms with E-state index >= 15 is 0 Å². The lowest BCUT2D eigenvalue weighted by atomic mass is 10.1. The van der Waals surface area contributed by atoms with Gasteiger partial charge < -0.3 is 10.1 Å². The number of carbonyl (C=O) groups excluding carboxylic acids is 1. The van der Waals surface area contributed by atoms with Crippen molar-refractivity contribution in [1.29, 1.82) is 0 Å². The van der Waals surface area contributed by atoms with Crippen LogP contribution in [0, 0.1) is 5.82 Å². The van der Waals surface area contributed by atoms with E-state index in [1.165, 1.54) is 22.5 Å². The van der Waals surface area contributed by atoms with Gasteiger partial charge in [-0.25, -0.2) is 12.8 Å². The number of hydrogen-bond acceptors (Lipinski definition) is 4. The number of anilines is 1. The van der Waals surface area contributed by atoms with Gasteiger partial charge in [0.15, 0.2) is 0 Å². The summed E-state index contributed by atoms with van der Waals surface area (Å²) in [5.41, 5.74) is 1.38. The predicted octanol–water partition coefficient (Wildman–Crippen LogP) is 2.55. The first-order valence-corrected chi connectivity index (χ1v) is 10.2. The smallest absolute Gasteiger partial charge is 0.243 e. The second-order valence-corrected chi connectivity index (χ2v) is 8.66. The molecule has 0 saturated carbocycles.